The van der Waals surface area contributed by atoms with Gasteiger partial charge in [-0.25, -0.2) is 9.97 Å². The van der Waals surface area contributed by atoms with Crippen LogP contribution in [0.3, 0.4) is 0 Å². The molecule has 164 valence electrons. The molecular formula is C23H31N7O. The highest BCUT2D eigenvalue weighted by atomic mass is 16.1. The Balaban J connectivity index is 1.51. The van der Waals surface area contributed by atoms with Gasteiger partial charge in [-0.2, -0.15) is 0 Å². The number of aromatic nitrogens is 3. The van der Waals surface area contributed by atoms with Crippen molar-refractivity contribution in [2.45, 2.75) is 13.8 Å². The minimum atomic E-state index is -0.438. The van der Waals surface area contributed by atoms with Crippen LogP contribution in [0.2, 0.25) is 0 Å². The van der Waals surface area contributed by atoms with Gasteiger partial charge in [-0.3, -0.25) is 14.1 Å². The molecule has 0 saturated carbocycles. The maximum absolute atomic E-state index is 11.6. The SMILES string of the molecule is CCN(CC)CCN1CCN(c2ncc(-c3cccc(C(N)=O)c3)n3ccnc23)CC1. The molecule has 0 aliphatic carbocycles. The van der Waals surface area contributed by atoms with E-state index in [1.165, 1.54) is 0 Å². The van der Waals surface area contributed by atoms with Gasteiger partial charge in [0, 0.05) is 62.8 Å². The van der Waals surface area contributed by atoms with Crippen molar-refractivity contribution < 1.29 is 4.79 Å². The molecule has 0 atom stereocenters. The number of anilines is 1. The Bertz CT molecular complexity index is 1040. The topological polar surface area (TPSA) is 83.0 Å². The number of nitrogens with zero attached hydrogens (tertiary/aromatic N) is 6. The van der Waals surface area contributed by atoms with Gasteiger partial charge in [-0.15, -0.1) is 0 Å². The number of likely N-dealkylation sites (N-methyl/N-ethyl adjacent to an activating group) is 1. The van der Waals surface area contributed by atoms with Crippen LogP contribution in [-0.2, 0) is 0 Å². The molecule has 1 aliphatic heterocycles. The summed E-state index contributed by atoms with van der Waals surface area (Å²) in [5.74, 6) is 0.468. The van der Waals surface area contributed by atoms with Gasteiger partial charge in [0.1, 0.15) is 0 Å². The maximum Gasteiger partial charge on any atom is 0.248 e. The van der Waals surface area contributed by atoms with E-state index in [9.17, 15) is 4.79 Å². The number of carbonyl (C=O) groups is 1. The van der Waals surface area contributed by atoms with Gasteiger partial charge < -0.3 is 15.5 Å². The van der Waals surface area contributed by atoms with Gasteiger partial charge in [0.25, 0.3) is 0 Å². The Hall–Kier alpha value is -2.97. The van der Waals surface area contributed by atoms with E-state index in [4.69, 9.17) is 10.7 Å². The Morgan fingerprint density at radius 1 is 1.13 bits per heavy atom. The molecule has 8 nitrogen and oxygen atoms in total. The lowest BCUT2D eigenvalue weighted by Crippen LogP contribution is -2.48. The van der Waals surface area contributed by atoms with Crippen molar-refractivity contribution >= 4 is 17.4 Å². The molecule has 0 radical (unpaired) electrons. The second kappa shape index (κ2) is 9.45. The van der Waals surface area contributed by atoms with E-state index in [1.54, 1.807) is 18.3 Å². The molecule has 4 rings (SSSR count). The van der Waals surface area contributed by atoms with Crippen LogP contribution in [-0.4, -0.2) is 82.4 Å². The number of carbonyl (C=O) groups excluding carboxylic acids is 1. The second-order valence-corrected chi connectivity index (χ2v) is 7.89. The first-order valence-electron chi connectivity index (χ1n) is 11.0. The third-order valence-corrected chi connectivity index (χ3v) is 6.15. The number of nitrogens with two attached hydrogens (primary N) is 1. The lowest BCUT2D eigenvalue weighted by Gasteiger charge is -2.36. The quantitative estimate of drug-likeness (QED) is 0.599. The molecule has 3 heterocycles. The van der Waals surface area contributed by atoms with Crippen LogP contribution >= 0.6 is 0 Å². The Morgan fingerprint density at radius 2 is 1.90 bits per heavy atom. The molecule has 0 bridgehead atoms. The first-order valence-corrected chi connectivity index (χ1v) is 11.0. The van der Waals surface area contributed by atoms with Gasteiger partial charge in [-0.05, 0) is 25.2 Å². The molecule has 3 aromatic rings. The average molecular weight is 422 g/mol. The lowest BCUT2D eigenvalue weighted by atomic mass is 10.1. The van der Waals surface area contributed by atoms with Crippen molar-refractivity contribution in [1.82, 2.24) is 24.2 Å². The number of hydrogen-bond acceptors (Lipinski definition) is 6. The zero-order valence-electron chi connectivity index (χ0n) is 18.4. The van der Waals surface area contributed by atoms with Gasteiger partial charge in [0.15, 0.2) is 11.5 Å². The van der Waals surface area contributed by atoms with Crippen LogP contribution in [0.4, 0.5) is 5.82 Å². The molecule has 1 fully saturated rings. The Kier molecular flexibility index (Phi) is 6.48. The number of amides is 1. The van der Waals surface area contributed by atoms with Crippen LogP contribution in [0.5, 0.6) is 0 Å². The summed E-state index contributed by atoms with van der Waals surface area (Å²) in [5, 5.41) is 0. The molecule has 2 aromatic heterocycles. The van der Waals surface area contributed by atoms with E-state index in [0.717, 1.165) is 75.1 Å². The summed E-state index contributed by atoms with van der Waals surface area (Å²) in [4.78, 5) is 28.3. The third kappa shape index (κ3) is 4.55. The number of primary amides is 1. The highest BCUT2D eigenvalue weighted by Gasteiger charge is 2.22. The number of rotatable bonds is 8. The maximum atomic E-state index is 11.6. The molecule has 31 heavy (non-hydrogen) atoms. The zero-order chi connectivity index (χ0) is 21.8. The zero-order valence-corrected chi connectivity index (χ0v) is 18.4. The summed E-state index contributed by atoms with van der Waals surface area (Å²) in [6.45, 7) is 12.8. The molecule has 0 unspecified atom stereocenters. The van der Waals surface area contributed by atoms with Gasteiger partial charge in [0.05, 0.1) is 11.9 Å². The first kappa shape index (κ1) is 21.3. The predicted molar refractivity (Wildman–Crippen MR) is 123 cm³/mol. The summed E-state index contributed by atoms with van der Waals surface area (Å²) < 4.78 is 2.04. The summed E-state index contributed by atoms with van der Waals surface area (Å²) >= 11 is 0. The highest BCUT2D eigenvalue weighted by Crippen LogP contribution is 2.26. The van der Waals surface area contributed by atoms with Crippen molar-refractivity contribution in [1.29, 1.82) is 0 Å². The Labute approximate surface area is 183 Å². The van der Waals surface area contributed by atoms with Crippen LogP contribution in [0.15, 0.2) is 42.9 Å². The summed E-state index contributed by atoms with van der Waals surface area (Å²) in [7, 11) is 0. The normalized spacial score (nSPS) is 15.1. The largest absolute Gasteiger partial charge is 0.366 e. The number of hydrogen-bond donors (Lipinski definition) is 1. The summed E-state index contributed by atoms with van der Waals surface area (Å²) in [5.41, 5.74) is 8.54. The van der Waals surface area contributed by atoms with Crippen LogP contribution in [0.1, 0.15) is 24.2 Å². The molecular weight excluding hydrogens is 390 g/mol. The third-order valence-electron chi connectivity index (χ3n) is 6.15. The van der Waals surface area contributed by atoms with Gasteiger partial charge in [0.2, 0.25) is 5.91 Å². The fraction of sp³-hybridized carbons (Fsp3) is 0.435. The Morgan fingerprint density at radius 3 is 2.61 bits per heavy atom. The molecule has 1 saturated heterocycles. The van der Waals surface area contributed by atoms with E-state index in [-0.39, 0.29) is 0 Å². The fourth-order valence-electron chi connectivity index (χ4n) is 4.18. The van der Waals surface area contributed by atoms with E-state index >= 15 is 0 Å². The monoisotopic (exact) mass is 421 g/mol. The van der Waals surface area contributed by atoms with Crippen LogP contribution < -0.4 is 10.6 Å². The van der Waals surface area contributed by atoms with Gasteiger partial charge in [-0.1, -0.05) is 26.0 Å². The predicted octanol–water partition coefficient (Wildman–Crippen LogP) is 1.96. The molecule has 1 aromatic carbocycles. The molecule has 2 N–H and O–H groups in total. The number of piperazine rings is 1. The lowest BCUT2D eigenvalue weighted by molar-refractivity contribution is 0.100. The van der Waals surface area contributed by atoms with Crippen molar-refractivity contribution in [3.05, 3.63) is 48.4 Å². The van der Waals surface area contributed by atoms with Gasteiger partial charge >= 0.3 is 0 Å². The number of imidazole rings is 1. The van der Waals surface area contributed by atoms with Crippen molar-refractivity contribution in [2.75, 3.05) is 57.3 Å². The average Bonchev–Trinajstić information content (AvgIpc) is 3.30. The smallest absolute Gasteiger partial charge is 0.248 e. The van der Waals surface area contributed by atoms with Crippen molar-refractivity contribution in [2.24, 2.45) is 5.73 Å². The second-order valence-electron chi connectivity index (χ2n) is 7.89. The number of fused-ring (bicyclic) bond motifs is 1. The van der Waals surface area contributed by atoms with E-state index in [1.807, 2.05) is 28.9 Å². The van der Waals surface area contributed by atoms with Crippen molar-refractivity contribution in [3.63, 3.8) is 0 Å². The first-order chi connectivity index (χ1) is 15.1. The number of benzene rings is 1. The highest BCUT2D eigenvalue weighted by molar-refractivity contribution is 5.94. The molecule has 0 spiro atoms. The summed E-state index contributed by atoms with van der Waals surface area (Å²) in [6, 6.07) is 7.31. The molecule has 1 aliphatic rings. The summed E-state index contributed by atoms with van der Waals surface area (Å²) in [6.07, 6.45) is 5.59. The minimum Gasteiger partial charge on any atom is -0.366 e. The molecule has 1 amide bonds. The van der Waals surface area contributed by atoms with Crippen LogP contribution in [0, 0.1) is 0 Å². The van der Waals surface area contributed by atoms with E-state index in [0.29, 0.717) is 5.56 Å². The van der Waals surface area contributed by atoms with E-state index in [2.05, 4.69) is 33.5 Å². The van der Waals surface area contributed by atoms with Crippen LogP contribution in [0.25, 0.3) is 16.9 Å². The fourth-order valence-corrected chi connectivity index (χ4v) is 4.18. The van der Waals surface area contributed by atoms with Crippen molar-refractivity contribution in [3.8, 4) is 11.3 Å². The standard InChI is InChI=1S/C23H31N7O/c1-3-27(4-2)10-11-28-12-14-29(15-13-28)22-23-25-8-9-30(23)20(17-26-22)18-6-5-7-19(16-18)21(24)31/h5-9,16-17H,3-4,10-15H2,1-2H3,(H2,24,31). The van der Waals surface area contributed by atoms with E-state index < -0.39 is 5.91 Å². The minimum absolute atomic E-state index is 0.438. The molecule has 8 heteroatoms.